The van der Waals surface area contributed by atoms with Crippen LogP contribution >= 0.6 is 0 Å². The molecule has 94 valence electrons. The lowest BCUT2D eigenvalue weighted by atomic mass is 10.2. The van der Waals surface area contributed by atoms with Crippen LogP contribution < -0.4 is 0 Å². The zero-order valence-corrected chi connectivity index (χ0v) is 10.6. The number of carbonyl (C=O) groups is 2. The molecule has 0 aliphatic heterocycles. The SMILES string of the molecule is CC(C)(C)OC(=O)c1ccn2c(C=O)cccc12. The summed E-state index contributed by atoms with van der Waals surface area (Å²) in [6.45, 7) is 5.46. The number of aldehydes is 1. The smallest absolute Gasteiger partial charge is 0.340 e. The molecule has 0 spiro atoms. The summed E-state index contributed by atoms with van der Waals surface area (Å²) in [5, 5.41) is 0. The molecule has 0 aromatic carbocycles. The maximum atomic E-state index is 12.0. The highest BCUT2D eigenvalue weighted by molar-refractivity contribution is 5.98. The predicted molar refractivity (Wildman–Crippen MR) is 68.0 cm³/mol. The molecule has 2 aromatic rings. The molecule has 2 aromatic heterocycles. The Labute approximate surface area is 105 Å². The molecule has 0 saturated heterocycles. The normalized spacial score (nSPS) is 11.5. The second-order valence-corrected chi connectivity index (χ2v) is 5.06. The van der Waals surface area contributed by atoms with Crippen LogP contribution in [0.1, 0.15) is 41.6 Å². The lowest BCUT2D eigenvalue weighted by Crippen LogP contribution is -2.23. The van der Waals surface area contributed by atoms with Gasteiger partial charge in [-0.2, -0.15) is 0 Å². The number of ether oxygens (including phenoxy) is 1. The average Bonchev–Trinajstić information content (AvgIpc) is 2.69. The number of pyridine rings is 1. The van der Waals surface area contributed by atoms with Crippen LogP contribution in [0.15, 0.2) is 30.5 Å². The van der Waals surface area contributed by atoms with Crippen molar-refractivity contribution in [2.75, 3.05) is 0 Å². The van der Waals surface area contributed by atoms with E-state index in [1.807, 2.05) is 20.8 Å². The standard InChI is InChI=1S/C14H15NO3/c1-14(2,3)18-13(17)11-7-8-15-10(9-16)5-4-6-12(11)15/h4-9H,1-3H3. The molecule has 0 atom stereocenters. The summed E-state index contributed by atoms with van der Waals surface area (Å²) < 4.78 is 7.00. The fourth-order valence-electron chi connectivity index (χ4n) is 1.76. The molecule has 4 nitrogen and oxygen atoms in total. The Balaban J connectivity index is 2.47. The number of rotatable bonds is 2. The van der Waals surface area contributed by atoms with Crippen molar-refractivity contribution in [1.82, 2.24) is 4.40 Å². The van der Waals surface area contributed by atoms with E-state index in [2.05, 4.69) is 0 Å². The van der Waals surface area contributed by atoms with Crippen molar-refractivity contribution >= 4 is 17.8 Å². The summed E-state index contributed by atoms with van der Waals surface area (Å²) in [4.78, 5) is 22.9. The first-order chi connectivity index (χ1) is 8.42. The van der Waals surface area contributed by atoms with Gasteiger partial charge in [0.15, 0.2) is 6.29 Å². The van der Waals surface area contributed by atoms with Crippen LogP contribution in [0, 0.1) is 0 Å². The van der Waals surface area contributed by atoms with Crippen molar-refractivity contribution in [1.29, 1.82) is 0 Å². The zero-order chi connectivity index (χ0) is 13.3. The first-order valence-corrected chi connectivity index (χ1v) is 5.71. The second kappa shape index (κ2) is 4.29. The van der Waals surface area contributed by atoms with Crippen LogP contribution in [-0.4, -0.2) is 22.3 Å². The van der Waals surface area contributed by atoms with Crippen LogP contribution in [0.25, 0.3) is 5.52 Å². The molecule has 0 saturated carbocycles. The van der Waals surface area contributed by atoms with Crippen molar-refractivity contribution < 1.29 is 14.3 Å². The highest BCUT2D eigenvalue weighted by Crippen LogP contribution is 2.18. The van der Waals surface area contributed by atoms with E-state index in [0.717, 1.165) is 6.29 Å². The van der Waals surface area contributed by atoms with Crippen LogP contribution in [-0.2, 0) is 4.74 Å². The van der Waals surface area contributed by atoms with Crippen molar-refractivity contribution in [3.63, 3.8) is 0 Å². The monoisotopic (exact) mass is 245 g/mol. The van der Waals surface area contributed by atoms with E-state index in [1.165, 1.54) is 0 Å². The lowest BCUT2D eigenvalue weighted by molar-refractivity contribution is 0.00719. The third-order valence-corrected chi connectivity index (χ3v) is 2.46. The number of aromatic nitrogens is 1. The summed E-state index contributed by atoms with van der Waals surface area (Å²) in [5.41, 5.74) is 1.11. The topological polar surface area (TPSA) is 47.8 Å². The highest BCUT2D eigenvalue weighted by atomic mass is 16.6. The Morgan fingerprint density at radius 1 is 1.28 bits per heavy atom. The van der Waals surface area contributed by atoms with Gasteiger partial charge in [0.05, 0.1) is 16.8 Å². The van der Waals surface area contributed by atoms with Gasteiger partial charge in [0.1, 0.15) is 5.60 Å². The maximum Gasteiger partial charge on any atom is 0.340 e. The Hall–Kier alpha value is -2.10. The average molecular weight is 245 g/mol. The molecule has 0 bridgehead atoms. The fraction of sp³-hybridized carbons (Fsp3) is 0.286. The quantitative estimate of drug-likeness (QED) is 0.603. The molecular weight excluding hydrogens is 230 g/mol. The molecule has 18 heavy (non-hydrogen) atoms. The number of nitrogens with zero attached hydrogens (tertiary/aromatic N) is 1. The summed E-state index contributed by atoms with van der Waals surface area (Å²) in [6.07, 6.45) is 2.45. The Kier molecular flexibility index (Phi) is 2.95. The largest absolute Gasteiger partial charge is 0.456 e. The minimum atomic E-state index is -0.534. The fourth-order valence-corrected chi connectivity index (χ4v) is 1.76. The van der Waals surface area contributed by atoms with Gasteiger partial charge >= 0.3 is 5.97 Å². The minimum absolute atomic E-state index is 0.381. The molecular formula is C14H15NO3. The first kappa shape index (κ1) is 12.4. The van der Waals surface area contributed by atoms with Gasteiger partial charge in [0, 0.05) is 6.20 Å². The summed E-state index contributed by atoms with van der Waals surface area (Å²) in [6, 6.07) is 6.88. The van der Waals surface area contributed by atoms with E-state index in [4.69, 9.17) is 4.74 Å². The maximum absolute atomic E-state index is 12.0. The number of hydrogen-bond donors (Lipinski definition) is 0. The van der Waals surface area contributed by atoms with E-state index in [-0.39, 0.29) is 5.97 Å². The Bertz CT molecular complexity index is 605. The summed E-state index contributed by atoms with van der Waals surface area (Å²) in [7, 11) is 0. The molecule has 0 aliphatic rings. The third-order valence-electron chi connectivity index (χ3n) is 2.46. The minimum Gasteiger partial charge on any atom is -0.456 e. The van der Waals surface area contributed by atoms with Crippen molar-refractivity contribution in [3.8, 4) is 0 Å². The molecule has 0 aliphatic carbocycles. The van der Waals surface area contributed by atoms with Crippen molar-refractivity contribution in [2.45, 2.75) is 26.4 Å². The molecule has 0 N–H and O–H groups in total. The van der Waals surface area contributed by atoms with Gasteiger partial charge in [0.25, 0.3) is 0 Å². The Morgan fingerprint density at radius 2 is 2.00 bits per heavy atom. The van der Waals surface area contributed by atoms with Crippen LogP contribution in [0.2, 0.25) is 0 Å². The molecule has 2 rings (SSSR count). The van der Waals surface area contributed by atoms with Gasteiger partial charge in [-0.15, -0.1) is 0 Å². The van der Waals surface area contributed by atoms with Gasteiger partial charge in [-0.05, 0) is 39.0 Å². The number of carbonyl (C=O) groups excluding carboxylic acids is 2. The van der Waals surface area contributed by atoms with Gasteiger partial charge in [-0.3, -0.25) is 4.79 Å². The van der Waals surface area contributed by atoms with Crippen LogP contribution in [0.5, 0.6) is 0 Å². The summed E-state index contributed by atoms with van der Waals surface area (Å²) in [5.74, 6) is -0.381. The molecule has 0 radical (unpaired) electrons. The molecule has 4 heteroatoms. The van der Waals surface area contributed by atoms with E-state index >= 15 is 0 Å². The van der Waals surface area contributed by atoms with E-state index < -0.39 is 5.60 Å². The van der Waals surface area contributed by atoms with Crippen molar-refractivity contribution in [3.05, 3.63) is 41.7 Å². The van der Waals surface area contributed by atoms with Crippen LogP contribution in [0.3, 0.4) is 0 Å². The van der Waals surface area contributed by atoms with E-state index in [1.54, 1.807) is 34.9 Å². The first-order valence-electron chi connectivity index (χ1n) is 5.71. The van der Waals surface area contributed by atoms with Crippen molar-refractivity contribution in [2.24, 2.45) is 0 Å². The third kappa shape index (κ3) is 2.27. The van der Waals surface area contributed by atoms with Gasteiger partial charge in [-0.25, -0.2) is 4.79 Å². The van der Waals surface area contributed by atoms with Gasteiger partial charge in [0.2, 0.25) is 0 Å². The number of fused-ring (bicyclic) bond motifs is 1. The highest BCUT2D eigenvalue weighted by Gasteiger charge is 2.20. The van der Waals surface area contributed by atoms with E-state index in [0.29, 0.717) is 16.8 Å². The zero-order valence-electron chi connectivity index (χ0n) is 10.6. The number of hydrogen-bond acceptors (Lipinski definition) is 3. The lowest BCUT2D eigenvalue weighted by Gasteiger charge is -2.19. The second-order valence-electron chi connectivity index (χ2n) is 5.06. The molecule has 0 unspecified atom stereocenters. The van der Waals surface area contributed by atoms with Crippen LogP contribution in [0.4, 0.5) is 0 Å². The van der Waals surface area contributed by atoms with E-state index in [9.17, 15) is 9.59 Å². The number of esters is 1. The predicted octanol–water partition coefficient (Wildman–Crippen LogP) is 2.71. The van der Waals surface area contributed by atoms with Gasteiger partial charge < -0.3 is 9.14 Å². The molecule has 0 amide bonds. The molecule has 2 heterocycles. The summed E-state index contributed by atoms with van der Waals surface area (Å²) >= 11 is 0. The molecule has 0 fully saturated rings. The van der Waals surface area contributed by atoms with Gasteiger partial charge in [-0.1, -0.05) is 6.07 Å². The Morgan fingerprint density at radius 3 is 2.61 bits per heavy atom.